The number of amides is 2. The highest BCUT2D eigenvalue weighted by atomic mass is 16.2. The highest BCUT2D eigenvalue weighted by Crippen LogP contribution is 2.20. The fraction of sp³-hybridized carbons (Fsp3) is 0.909. The third-order valence-corrected chi connectivity index (χ3v) is 3.45. The van der Waals surface area contributed by atoms with Crippen molar-refractivity contribution in [1.82, 2.24) is 15.1 Å². The average molecular weight is 211 g/mol. The van der Waals surface area contributed by atoms with Gasteiger partial charge < -0.3 is 10.2 Å². The van der Waals surface area contributed by atoms with Crippen molar-refractivity contribution in [3.8, 4) is 0 Å². The molecule has 2 fully saturated rings. The minimum absolute atomic E-state index is 0.114. The second kappa shape index (κ2) is 4.84. The van der Waals surface area contributed by atoms with Crippen LogP contribution in [0.25, 0.3) is 0 Å². The first-order chi connectivity index (χ1) is 7.31. The number of hydrogen-bond donors (Lipinski definition) is 1. The molecule has 0 aromatic heterocycles. The Balaban J connectivity index is 1.87. The molecule has 2 aliphatic rings. The lowest BCUT2D eigenvalue weighted by Crippen LogP contribution is -2.57. The van der Waals surface area contributed by atoms with Crippen LogP contribution in [-0.4, -0.2) is 54.6 Å². The van der Waals surface area contributed by atoms with Crippen LogP contribution in [-0.2, 0) is 0 Å². The maximum atomic E-state index is 11.7. The van der Waals surface area contributed by atoms with Gasteiger partial charge in [-0.2, -0.15) is 0 Å². The molecule has 0 radical (unpaired) electrons. The zero-order valence-electron chi connectivity index (χ0n) is 9.54. The van der Waals surface area contributed by atoms with Crippen LogP contribution in [0.1, 0.15) is 26.2 Å². The number of hydrogen-bond acceptors (Lipinski definition) is 2. The molecule has 2 heterocycles. The fourth-order valence-corrected chi connectivity index (χ4v) is 2.60. The van der Waals surface area contributed by atoms with Crippen molar-refractivity contribution < 1.29 is 4.79 Å². The number of piperidine rings is 1. The number of nitrogens with one attached hydrogen (secondary N) is 1. The molecule has 1 unspecified atom stereocenters. The van der Waals surface area contributed by atoms with Gasteiger partial charge in [-0.3, -0.25) is 4.90 Å². The Morgan fingerprint density at radius 3 is 3.00 bits per heavy atom. The summed E-state index contributed by atoms with van der Waals surface area (Å²) in [5, 5.41) is 2.88. The van der Waals surface area contributed by atoms with Crippen LogP contribution in [0.4, 0.5) is 4.79 Å². The molecule has 4 nitrogen and oxygen atoms in total. The van der Waals surface area contributed by atoms with Gasteiger partial charge in [0.1, 0.15) is 0 Å². The van der Waals surface area contributed by atoms with E-state index >= 15 is 0 Å². The molecule has 0 spiro atoms. The third kappa shape index (κ3) is 2.43. The molecule has 0 aliphatic carbocycles. The van der Waals surface area contributed by atoms with Crippen molar-refractivity contribution in [1.29, 1.82) is 0 Å². The lowest BCUT2D eigenvalue weighted by molar-refractivity contribution is 0.0645. The first-order valence-corrected chi connectivity index (χ1v) is 6.08. The number of piperazine rings is 1. The second-order valence-electron chi connectivity index (χ2n) is 4.47. The molecule has 0 aromatic rings. The van der Waals surface area contributed by atoms with Gasteiger partial charge in [0.05, 0.1) is 0 Å². The van der Waals surface area contributed by atoms with Crippen molar-refractivity contribution in [2.24, 2.45) is 0 Å². The van der Waals surface area contributed by atoms with Gasteiger partial charge in [-0.05, 0) is 26.3 Å². The number of urea groups is 1. The Labute approximate surface area is 91.6 Å². The maximum Gasteiger partial charge on any atom is 0.317 e. The van der Waals surface area contributed by atoms with E-state index in [1.807, 2.05) is 11.8 Å². The minimum atomic E-state index is 0.114. The van der Waals surface area contributed by atoms with Gasteiger partial charge in [0.25, 0.3) is 0 Å². The molecule has 1 N–H and O–H groups in total. The summed E-state index contributed by atoms with van der Waals surface area (Å²) in [6.07, 6.45) is 3.91. The van der Waals surface area contributed by atoms with Crippen LogP contribution in [0.5, 0.6) is 0 Å². The Morgan fingerprint density at radius 1 is 1.33 bits per heavy atom. The lowest BCUT2D eigenvalue weighted by Gasteiger charge is -2.43. The topological polar surface area (TPSA) is 35.6 Å². The third-order valence-electron chi connectivity index (χ3n) is 3.45. The Morgan fingerprint density at radius 2 is 2.20 bits per heavy atom. The first kappa shape index (κ1) is 10.7. The van der Waals surface area contributed by atoms with E-state index in [0.29, 0.717) is 6.04 Å². The lowest BCUT2D eigenvalue weighted by atomic mass is 10.00. The molecule has 0 saturated carbocycles. The van der Waals surface area contributed by atoms with Gasteiger partial charge in [0, 0.05) is 32.2 Å². The van der Waals surface area contributed by atoms with E-state index in [2.05, 4.69) is 10.2 Å². The predicted octanol–water partition coefficient (Wildman–Crippen LogP) is 0.886. The van der Waals surface area contributed by atoms with Crippen LogP contribution in [0.2, 0.25) is 0 Å². The highest BCUT2D eigenvalue weighted by Gasteiger charge is 2.30. The van der Waals surface area contributed by atoms with Crippen molar-refractivity contribution in [3.63, 3.8) is 0 Å². The fourth-order valence-electron chi connectivity index (χ4n) is 2.60. The molecule has 15 heavy (non-hydrogen) atoms. The second-order valence-corrected chi connectivity index (χ2v) is 4.47. The number of fused-ring (bicyclic) bond motifs is 1. The van der Waals surface area contributed by atoms with E-state index in [4.69, 9.17) is 0 Å². The summed E-state index contributed by atoms with van der Waals surface area (Å²) >= 11 is 0. The summed E-state index contributed by atoms with van der Waals surface area (Å²) in [6, 6.07) is 0.734. The molecule has 2 aliphatic heterocycles. The van der Waals surface area contributed by atoms with Crippen molar-refractivity contribution >= 4 is 6.03 Å². The molecule has 1 atom stereocenters. The Hall–Kier alpha value is -0.770. The standard InChI is InChI=1S/C11H21N3O/c1-2-12-11(15)14-8-7-13-6-4-3-5-10(13)9-14/h10H,2-9H2,1H3,(H,12,15). The Kier molecular flexibility index (Phi) is 3.46. The van der Waals surface area contributed by atoms with Crippen LogP contribution >= 0.6 is 0 Å². The zero-order chi connectivity index (χ0) is 10.7. The van der Waals surface area contributed by atoms with Gasteiger partial charge >= 0.3 is 6.03 Å². The van der Waals surface area contributed by atoms with Gasteiger partial charge in [-0.1, -0.05) is 6.42 Å². The normalized spacial score (nSPS) is 27.3. The first-order valence-electron chi connectivity index (χ1n) is 6.08. The molecule has 4 heteroatoms. The number of carbonyl (C=O) groups excluding carboxylic acids is 1. The Bertz CT molecular complexity index is 232. The summed E-state index contributed by atoms with van der Waals surface area (Å²) in [6.45, 7) is 6.79. The molecule has 0 bridgehead atoms. The smallest absolute Gasteiger partial charge is 0.317 e. The quantitative estimate of drug-likeness (QED) is 0.699. The molecule has 2 rings (SSSR count). The summed E-state index contributed by atoms with van der Waals surface area (Å²) < 4.78 is 0. The van der Waals surface area contributed by atoms with Crippen molar-refractivity contribution in [2.75, 3.05) is 32.7 Å². The molecule has 86 valence electrons. The number of nitrogens with zero attached hydrogens (tertiary/aromatic N) is 2. The van der Waals surface area contributed by atoms with Crippen LogP contribution in [0.3, 0.4) is 0 Å². The van der Waals surface area contributed by atoms with E-state index in [-0.39, 0.29) is 6.03 Å². The molecule has 2 amide bonds. The molecular formula is C11H21N3O. The zero-order valence-corrected chi connectivity index (χ0v) is 9.54. The predicted molar refractivity (Wildman–Crippen MR) is 59.9 cm³/mol. The summed E-state index contributed by atoms with van der Waals surface area (Å²) in [7, 11) is 0. The van der Waals surface area contributed by atoms with Crippen LogP contribution in [0.15, 0.2) is 0 Å². The van der Waals surface area contributed by atoms with Gasteiger partial charge in [0.15, 0.2) is 0 Å². The van der Waals surface area contributed by atoms with E-state index in [1.54, 1.807) is 0 Å². The minimum Gasteiger partial charge on any atom is -0.338 e. The van der Waals surface area contributed by atoms with E-state index in [0.717, 1.165) is 26.2 Å². The number of rotatable bonds is 1. The SMILES string of the molecule is CCNC(=O)N1CCN2CCCCC2C1. The van der Waals surface area contributed by atoms with E-state index in [1.165, 1.54) is 25.8 Å². The number of carbonyl (C=O) groups is 1. The molecule has 2 saturated heterocycles. The summed E-state index contributed by atoms with van der Waals surface area (Å²) in [5.41, 5.74) is 0. The van der Waals surface area contributed by atoms with E-state index in [9.17, 15) is 4.79 Å². The maximum absolute atomic E-state index is 11.7. The van der Waals surface area contributed by atoms with Gasteiger partial charge in [-0.15, -0.1) is 0 Å². The molecule has 0 aromatic carbocycles. The summed E-state index contributed by atoms with van der Waals surface area (Å²) in [4.78, 5) is 16.2. The van der Waals surface area contributed by atoms with Gasteiger partial charge in [-0.25, -0.2) is 4.79 Å². The largest absolute Gasteiger partial charge is 0.338 e. The van der Waals surface area contributed by atoms with Gasteiger partial charge in [0.2, 0.25) is 0 Å². The van der Waals surface area contributed by atoms with E-state index < -0.39 is 0 Å². The van der Waals surface area contributed by atoms with Crippen LogP contribution < -0.4 is 5.32 Å². The van der Waals surface area contributed by atoms with Crippen LogP contribution in [0, 0.1) is 0 Å². The monoisotopic (exact) mass is 211 g/mol. The van der Waals surface area contributed by atoms with Crippen molar-refractivity contribution in [3.05, 3.63) is 0 Å². The molecular weight excluding hydrogens is 190 g/mol. The highest BCUT2D eigenvalue weighted by molar-refractivity contribution is 5.74. The summed E-state index contributed by atoms with van der Waals surface area (Å²) in [5.74, 6) is 0. The van der Waals surface area contributed by atoms with Crippen molar-refractivity contribution in [2.45, 2.75) is 32.2 Å². The average Bonchev–Trinajstić information content (AvgIpc) is 2.29.